The fourth-order valence-electron chi connectivity index (χ4n) is 3.52. The van der Waals surface area contributed by atoms with Crippen LogP contribution in [0, 0.1) is 11.2 Å². The molecule has 0 heterocycles. The van der Waals surface area contributed by atoms with Gasteiger partial charge in [0.25, 0.3) is 0 Å². The van der Waals surface area contributed by atoms with Gasteiger partial charge in [-0.2, -0.15) is 0 Å². The number of halogens is 2. The van der Waals surface area contributed by atoms with Crippen LogP contribution in [0.25, 0.3) is 0 Å². The molecule has 1 aliphatic rings. The van der Waals surface area contributed by atoms with Gasteiger partial charge in [-0.05, 0) is 49.3 Å². The summed E-state index contributed by atoms with van der Waals surface area (Å²) in [6, 6.07) is 5.66. The van der Waals surface area contributed by atoms with Crippen molar-refractivity contribution in [3.05, 3.63) is 34.6 Å². The van der Waals surface area contributed by atoms with Crippen molar-refractivity contribution in [2.45, 2.75) is 64.8 Å². The van der Waals surface area contributed by atoms with Crippen molar-refractivity contribution in [3.63, 3.8) is 0 Å². The summed E-state index contributed by atoms with van der Waals surface area (Å²) in [4.78, 5) is 0. The zero-order chi connectivity index (χ0) is 15.3. The molecule has 0 bridgehead atoms. The Kier molecular flexibility index (Phi) is 6.07. The predicted molar refractivity (Wildman–Crippen MR) is 88.4 cm³/mol. The van der Waals surface area contributed by atoms with Crippen molar-refractivity contribution < 1.29 is 4.39 Å². The van der Waals surface area contributed by atoms with Crippen LogP contribution in [-0.2, 0) is 6.42 Å². The van der Waals surface area contributed by atoms with E-state index < -0.39 is 0 Å². The van der Waals surface area contributed by atoms with E-state index in [1.165, 1.54) is 32.1 Å². The van der Waals surface area contributed by atoms with E-state index in [1.54, 1.807) is 6.07 Å². The molecule has 1 unspecified atom stereocenters. The molecule has 0 radical (unpaired) electrons. The summed E-state index contributed by atoms with van der Waals surface area (Å²) >= 11 is 5.93. The monoisotopic (exact) mass is 311 g/mol. The number of nitrogens with one attached hydrogen (secondary N) is 1. The van der Waals surface area contributed by atoms with E-state index in [0.29, 0.717) is 6.04 Å². The molecule has 1 aromatic rings. The molecule has 0 amide bonds. The van der Waals surface area contributed by atoms with E-state index in [2.05, 4.69) is 19.2 Å². The van der Waals surface area contributed by atoms with E-state index in [-0.39, 0.29) is 16.3 Å². The first-order chi connectivity index (χ1) is 10.1. The molecule has 118 valence electrons. The smallest absolute Gasteiger partial charge is 0.145 e. The summed E-state index contributed by atoms with van der Waals surface area (Å²) in [5, 5.41) is 3.90. The standard InChI is InChI=1S/C18H27ClFN/c1-3-12-21-16(18(2)10-5-4-6-11-18)13-14-8-7-9-15(19)17(14)20/h7-9,16,21H,3-6,10-13H2,1-2H3. The highest BCUT2D eigenvalue weighted by atomic mass is 35.5. The molecule has 1 N–H and O–H groups in total. The SMILES string of the molecule is CCCNC(Cc1cccc(Cl)c1F)C1(C)CCCCC1. The lowest BCUT2D eigenvalue weighted by molar-refractivity contribution is 0.143. The second kappa shape index (κ2) is 7.60. The first kappa shape index (κ1) is 16.8. The first-order valence-electron chi connectivity index (χ1n) is 8.23. The highest BCUT2D eigenvalue weighted by Crippen LogP contribution is 2.40. The van der Waals surface area contributed by atoms with Gasteiger partial charge in [0.15, 0.2) is 0 Å². The molecule has 0 saturated heterocycles. The summed E-state index contributed by atoms with van der Waals surface area (Å²) in [5.74, 6) is -0.248. The third-order valence-electron chi connectivity index (χ3n) is 4.93. The van der Waals surface area contributed by atoms with Gasteiger partial charge in [0.05, 0.1) is 5.02 Å². The van der Waals surface area contributed by atoms with Crippen LogP contribution >= 0.6 is 11.6 Å². The molecule has 2 rings (SSSR count). The van der Waals surface area contributed by atoms with Gasteiger partial charge in [-0.3, -0.25) is 0 Å². The van der Waals surface area contributed by atoms with E-state index in [0.717, 1.165) is 24.9 Å². The molecule has 1 atom stereocenters. The summed E-state index contributed by atoms with van der Waals surface area (Å²) < 4.78 is 14.2. The third-order valence-corrected chi connectivity index (χ3v) is 5.23. The lowest BCUT2D eigenvalue weighted by atomic mass is 9.69. The molecule has 1 saturated carbocycles. The molecule has 0 spiro atoms. The van der Waals surface area contributed by atoms with Crippen molar-refractivity contribution in [1.82, 2.24) is 5.32 Å². The van der Waals surface area contributed by atoms with Crippen molar-refractivity contribution in [1.29, 1.82) is 0 Å². The topological polar surface area (TPSA) is 12.0 Å². The van der Waals surface area contributed by atoms with E-state index in [9.17, 15) is 4.39 Å². The average molecular weight is 312 g/mol. The molecule has 1 aromatic carbocycles. The quantitative estimate of drug-likeness (QED) is 0.745. The number of hydrogen-bond donors (Lipinski definition) is 1. The Morgan fingerprint density at radius 1 is 1.29 bits per heavy atom. The summed E-state index contributed by atoms with van der Waals surface area (Å²) in [5.41, 5.74) is 1.00. The van der Waals surface area contributed by atoms with Crippen LogP contribution in [0.2, 0.25) is 5.02 Å². The van der Waals surface area contributed by atoms with Gasteiger partial charge in [-0.1, -0.05) is 56.8 Å². The minimum absolute atomic E-state index is 0.232. The van der Waals surface area contributed by atoms with Gasteiger partial charge in [-0.25, -0.2) is 4.39 Å². The van der Waals surface area contributed by atoms with Crippen molar-refractivity contribution in [2.75, 3.05) is 6.54 Å². The van der Waals surface area contributed by atoms with Crippen LogP contribution in [0.4, 0.5) is 4.39 Å². The second-order valence-corrected chi connectivity index (χ2v) is 7.05. The largest absolute Gasteiger partial charge is 0.313 e. The van der Waals surface area contributed by atoms with Crippen LogP contribution in [0.3, 0.4) is 0 Å². The number of benzene rings is 1. The van der Waals surface area contributed by atoms with Crippen molar-refractivity contribution >= 4 is 11.6 Å². The number of rotatable bonds is 6. The van der Waals surface area contributed by atoms with E-state index in [1.807, 2.05) is 12.1 Å². The van der Waals surface area contributed by atoms with Crippen molar-refractivity contribution in [2.24, 2.45) is 5.41 Å². The Labute approximate surface area is 133 Å². The van der Waals surface area contributed by atoms with Crippen LogP contribution in [0.15, 0.2) is 18.2 Å². The highest BCUT2D eigenvalue weighted by Gasteiger charge is 2.35. The maximum atomic E-state index is 14.2. The molecule has 0 aromatic heterocycles. The van der Waals surface area contributed by atoms with Crippen LogP contribution < -0.4 is 5.32 Å². The minimum Gasteiger partial charge on any atom is -0.313 e. The Morgan fingerprint density at radius 3 is 2.67 bits per heavy atom. The average Bonchev–Trinajstić information content (AvgIpc) is 2.48. The summed E-state index contributed by atoms with van der Waals surface area (Å²) in [6.45, 7) is 5.53. The molecular formula is C18H27ClFN. The molecule has 0 aliphatic heterocycles. The number of hydrogen-bond acceptors (Lipinski definition) is 1. The lowest BCUT2D eigenvalue weighted by Crippen LogP contribution is -2.46. The molecular weight excluding hydrogens is 285 g/mol. The van der Waals surface area contributed by atoms with Gasteiger partial charge < -0.3 is 5.32 Å². The van der Waals surface area contributed by atoms with E-state index >= 15 is 0 Å². The van der Waals surface area contributed by atoms with Crippen molar-refractivity contribution in [3.8, 4) is 0 Å². The van der Waals surface area contributed by atoms with Gasteiger partial charge in [0, 0.05) is 6.04 Å². The Bertz CT molecular complexity index is 455. The van der Waals surface area contributed by atoms with Gasteiger partial charge in [-0.15, -0.1) is 0 Å². The Balaban J connectivity index is 2.17. The summed E-state index contributed by atoms with van der Waals surface area (Å²) in [6.07, 6.45) is 8.21. The predicted octanol–water partition coefficient (Wildman–Crippen LogP) is 5.36. The first-order valence-corrected chi connectivity index (χ1v) is 8.61. The second-order valence-electron chi connectivity index (χ2n) is 6.64. The van der Waals surface area contributed by atoms with Gasteiger partial charge in [0.1, 0.15) is 5.82 Å². The molecule has 21 heavy (non-hydrogen) atoms. The lowest BCUT2D eigenvalue weighted by Gasteiger charge is -2.41. The minimum atomic E-state index is -0.248. The van der Waals surface area contributed by atoms with Crippen LogP contribution in [0.5, 0.6) is 0 Å². The normalized spacial score (nSPS) is 19.4. The van der Waals surface area contributed by atoms with Gasteiger partial charge in [0.2, 0.25) is 0 Å². The molecule has 1 fully saturated rings. The molecule has 3 heteroatoms. The Morgan fingerprint density at radius 2 is 2.00 bits per heavy atom. The fourth-order valence-corrected chi connectivity index (χ4v) is 3.71. The third kappa shape index (κ3) is 4.20. The maximum Gasteiger partial charge on any atom is 0.145 e. The Hall–Kier alpha value is -0.600. The zero-order valence-electron chi connectivity index (χ0n) is 13.2. The maximum absolute atomic E-state index is 14.2. The highest BCUT2D eigenvalue weighted by molar-refractivity contribution is 6.30. The van der Waals surface area contributed by atoms with Crippen LogP contribution in [0.1, 0.15) is 57.9 Å². The van der Waals surface area contributed by atoms with Gasteiger partial charge >= 0.3 is 0 Å². The molecule has 1 aliphatic carbocycles. The van der Waals surface area contributed by atoms with Crippen LogP contribution in [-0.4, -0.2) is 12.6 Å². The fraction of sp³-hybridized carbons (Fsp3) is 0.667. The van der Waals surface area contributed by atoms with E-state index in [4.69, 9.17) is 11.6 Å². The zero-order valence-corrected chi connectivity index (χ0v) is 14.0. The molecule has 1 nitrogen and oxygen atoms in total. The summed E-state index contributed by atoms with van der Waals surface area (Å²) in [7, 11) is 0.